The van der Waals surface area contributed by atoms with E-state index in [0.29, 0.717) is 24.8 Å². The van der Waals surface area contributed by atoms with E-state index < -0.39 is 11.9 Å². The fourth-order valence-corrected chi connectivity index (χ4v) is 4.10. The van der Waals surface area contributed by atoms with Crippen LogP contribution in [0.1, 0.15) is 25.0 Å². The van der Waals surface area contributed by atoms with Crippen molar-refractivity contribution in [1.29, 1.82) is 0 Å². The number of hydrogen-bond donors (Lipinski definition) is 1. The summed E-state index contributed by atoms with van der Waals surface area (Å²) in [5.74, 6) is 1.05. The fraction of sp³-hybridized carbons (Fsp3) is 0.500. The van der Waals surface area contributed by atoms with Crippen molar-refractivity contribution in [2.75, 3.05) is 44.4 Å². The highest BCUT2D eigenvalue weighted by Gasteiger charge is 2.32. The Bertz CT molecular complexity index is 949. The molecule has 1 aromatic carbocycles. The van der Waals surface area contributed by atoms with Gasteiger partial charge in [0.2, 0.25) is 5.91 Å². The van der Waals surface area contributed by atoms with Crippen LogP contribution < -0.4 is 15.0 Å². The second kappa shape index (κ2) is 11.1. The molecule has 0 saturated carbocycles. The Labute approximate surface area is 196 Å². The van der Waals surface area contributed by atoms with Crippen LogP contribution in [-0.4, -0.2) is 56.5 Å². The lowest BCUT2D eigenvalue weighted by Crippen LogP contribution is -2.39. The van der Waals surface area contributed by atoms with Crippen LogP contribution in [0, 0.1) is 5.92 Å². The van der Waals surface area contributed by atoms with E-state index in [2.05, 4.69) is 15.2 Å². The molecule has 4 rings (SSSR count). The zero-order valence-electron chi connectivity index (χ0n) is 18.7. The summed E-state index contributed by atoms with van der Waals surface area (Å²) in [5.41, 5.74) is -0.0577. The summed E-state index contributed by atoms with van der Waals surface area (Å²) in [6.07, 6.45) is -0.688. The molecule has 34 heavy (non-hydrogen) atoms. The van der Waals surface area contributed by atoms with Gasteiger partial charge in [-0.3, -0.25) is 4.79 Å². The third-order valence-electron chi connectivity index (χ3n) is 5.93. The van der Waals surface area contributed by atoms with Crippen LogP contribution >= 0.6 is 0 Å². The van der Waals surface area contributed by atoms with Crippen molar-refractivity contribution in [2.24, 2.45) is 5.92 Å². The molecule has 184 valence electrons. The predicted octanol–water partition coefficient (Wildman–Crippen LogP) is 4.03. The highest BCUT2D eigenvalue weighted by molar-refractivity contribution is 5.77. The van der Waals surface area contributed by atoms with Gasteiger partial charge in [0.1, 0.15) is 23.8 Å². The molecule has 0 bridgehead atoms. The average molecular weight is 479 g/mol. The SMILES string of the molecule is O=C(COCC1CCOCC1)N[C@H]1CCN(c2cccc(Oc3ccc(C(F)(F)F)nc3)c2)C1. The molecule has 1 aromatic heterocycles. The number of benzene rings is 1. The van der Waals surface area contributed by atoms with Crippen LogP contribution in [0.15, 0.2) is 42.6 Å². The number of ether oxygens (including phenoxy) is 3. The van der Waals surface area contributed by atoms with Gasteiger partial charge in [0.25, 0.3) is 0 Å². The number of nitrogens with one attached hydrogen (secondary N) is 1. The minimum absolute atomic E-state index is 0.0165. The molecule has 1 amide bonds. The number of carbonyl (C=O) groups is 1. The highest BCUT2D eigenvalue weighted by atomic mass is 19.4. The van der Waals surface area contributed by atoms with Crippen molar-refractivity contribution in [3.8, 4) is 11.5 Å². The maximum atomic E-state index is 12.7. The first kappa shape index (κ1) is 24.3. The smallest absolute Gasteiger partial charge is 0.433 e. The molecule has 3 heterocycles. The molecular formula is C24H28F3N3O4. The second-order valence-electron chi connectivity index (χ2n) is 8.55. The van der Waals surface area contributed by atoms with Crippen LogP contribution in [0.2, 0.25) is 0 Å². The molecular weight excluding hydrogens is 451 g/mol. The molecule has 1 atom stereocenters. The van der Waals surface area contributed by atoms with Gasteiger partial charge in [0, 0.05) is 44.1 Å². The number of halogens is 3. The molecule has 0 unspecified atom stereocenters. The number of hydrogen-bond acceptors (Lipinski definition) is 6. The lowest BCUT2D eigenvalue weighted by Gasteiger charge is -2.22. The third-order valence-corrected chi connectivity index (χ3v) is 5.93. The summed E-state index contributed by atoms with van der Waals surface area (Å²) in [6.45, 7) is 3.56. The number of carbonyl (C=O) groups excluding carboxylic acids is 1. The molecule has 2 aliphatic rings. The summed E-state index contributed by atoms with van der Waals surface area (Å²) in [5, 5.41) is 3.03. The summed E-state index contributed by atoms with van der Waals surface area (Å²) in [7, 11) is 0. The van der Waals surface area contributed by atoms with Crippen LogP contribution in [-0.2, 0) is 20.4 Å². The Morgan fingerprint density at radius 3 is 2.71 bits per heavy atom. The van der Waals surface area contributed by atoms with Gasteiger partial charge < -0.3 is 24.4 Å². The maximum Gasteiger partial charge on any atom is 0.433 e. The summed E-state index contributed by atoms with van der Waals surface area (Å²) < 4.78 is 54.6. The molecule has 0 radical (unpaired) electrons. The van der Waals surface area contributed by atoms with Gasteiger partial charge in [-0.25, -0.2) is 4.98 Å². The van der Waals surface area contributed by atoms with Crippen LogP contribution in [0.3, 0.4) is 0 Å². The Morgan fingerprint density at radius 2 is 1.97 bits per heavy atom. The molecule has 0 spiro atoms. The molecule has 1 N–H and O–H groups in total. The van der Waals surface area contributed by atoms with Gasteiger partial charge in [-0.05, 0) is 49.4 Å². The fourth-order valence-electron chi connectivity index (χ4n) is 4.10. The topological polar surface area (TPSA) is 72.9 Å². The van der Waals surface area contributed by atoms with Gasteiger partial charge >= 0.3 is 6.18 Å². The lowest BCUT2D eigenvalue weighted by molar-refractivity contribution is -0.141. The summed E-state index contributed by atoms with van der Waals surface area (Å²) >= 11 is 0. The molecule has 10 heteroatoms. The number of pyridine rings is 1. The van der Waals surface area contributed by atoms with E-state index in [9.17, 15) is 18.0 Å². The number of amides is 1. The normalized spacial score (nSPS) is 19.3. The molecule has 2 aliphatic heterocycles. The number of aromatic nitrogens is 1. The van der Waals surface area contributed by atoms with E-state index in [-0.39, 0.29) is 24.3 Å². The van der Waals surface area contributed by atoms with Crippen molar-refractivity contribution in [1.82, 2.24) is 10.3 Å². The van der Waals surface area contributed by atoms with Crippen LogP contribution in [0.4, 0.5) is 18.9 Å². The number of anilines is 1. The first-order valence-electron chi connectivity index (χ1n) is 11.4. The largest absolute Gasteiger partial charge is 0.456 e. The average Bonchev–Trinajstić information content (AvgIpc) is 3.28. The monoisotopic (exact) mass is 479 g/mol. The zero-order valence-corrected chi connectivity index (χ0v) is 18.7. The Morgan fingerprint density at radius 1 is 1.15 bits per heavy atom. The van der Waals surface area contributed by atoms with Crippen LogP contribution in [0.5, 0.6) is 11.5 Å². The summed E-state index contributed by atoms with van der Waals surface area (Å²) in [4.78, 5) is 17.8. The van der Waals surface area contributed by atoms with E-state index in [4.69, 9.17) is 14.2 Å². The molecule has 0 aliphatic carbocycles. The van der Waals surface area contributed by atoms with E-state index >= 15 is 0 Å². The first-order valence-corrected chi connectivity index (χ1v) is 11.4. The Balaban J connectivity index is 1.24. The van der Waals surface area contributed by atoms with Crippen molar-refractivity contribution in [3.05, 3.63) is 48.3 Å². The predicted molar refractivity (Wildman–Crippen MR) is 119 cm³/mol. The van der Waals surface area contributed by atoms with Crippen molar-refractivity contribution in [3.63, 3.8) is 0 Å². The number of nitrogens with zero attached hydrogens (tertiary/aromatic N) is 2. The van der Waals surface area contributed by atoms with E-state index in [0.717, 1.165) is 57.0 Å². The van der Waals surface area contributed by atoms with Crippen molar-refractivity contribution in [2.45, 2.75) is 31.5 Å². The van der Waals surface area contributed by atoms with Crippen molar-refractivity contribution < 1.29 is 32.2 Å². The highest BCUT2D eigenvalue weighted by Crippen LogP contribution is 2.31. The number of rotatable bonds is 8. The van der Waals surface area contributed by atoms with E-state index in [1.54, 1.807) is 6.07 Å². The first-order chi connectivity index (χ1) is 16.4. The van der Waals surface area contributed by atoms with E-state index in [1.807, 2.05) is 18.2 Å². The van der Waals surface area contributed by atoms with Crippen molar-refractivity contribution >= 4 is 11.6 Å². The van der Waals surface area contributed by atoms with E-state index in [1.165, 1.54) is 6.07 Å². The van der Waals surface area contributed by atoms with Gasteiger partial charge in [0.15, 0.2) is 0 Å². The molecule has 2 aromatic rings. The minimum atomic E-state index is -4.49. The second-order valence-corrected chi connectivity index (χ2v) is 8.55. The van der Waals surface area contributed by atoms with Gasteiger partial charge in [-0.1, -0.05) is 6.07 Å². The standard InChI is InChI=1S/C24H28F3N3O4/c25-24(26,27)22-5-4-21(13-28-22)34-20-3-1-2-19(12-20)30-9-6-18(14-30)29-23(31)16-33-15-17-7-10-32-11-8-17/h1-5,12-13,17-18H,6-11,14-16H2,(H,29,31)/t18-/m0/s1. The third kappa shape index (κ3) is 6.83. The van der Waals surface area contributed by atoms with Gasteiger partial charge in [0.05, 0.1) is 12.8 Å². The summed E-state index contributed by atoms with van der Waals surface area (Å²) in [6, 6.07) is 9.44. The zero-order chi connectivity index (χ0) is 24.0. The molecule has 2 saturated heterocycles. The van der Waals surface area contributed by atoms with Gasteiger partial charge in [-0.15, -0.1) is 0 Å². The lowest BCUT2D eigenvalue weighted by atomic mass is 10.0. The van der Waals surface area contributed by atoms with Crippen LogP contribution in [0.25, 0.3) is 0 Å². The Hall–Kier alpha value is -2.85. The quantitative estimate of drug-likeness (QED) is 0.617. The molecule has 7 nitrogen and oxygen atoms in total. The maximum absolute atomic E-state index is 12.7. The minimum Gasteiger partial charge on any atom is -0.456 e. The number of alkyl halides is 3. The Kier molecular flexibility index (Phi) is 7.89. The molecule has 2 fully saturated rings. The van der Waals surface area contributed by atoms with Gasteiger partial charge in [-0.2, -0.15) is 13.2 Å².